The predicted molar refractivity (Wildman–Crippen MR) is 103 cm³/mol. The first-order valence-corrected chi connectivity index (χ1v) is 9.83. The van der Waals surface area contributed by atoms with Crippen molar-refractivity contribution in [3.8, 4) is 5.75 Å². The van der Waals surface area contributed by atoms with Gasteiger partial charge in [0.2, 0.25) is 11.8 Å². The van der Waals surface area contributed by atoms with E-state index in [2.05, 4.69) is 0 Å². The summed E-state index contributed by atoms with van der Waals surface area (Å²) in [5.74, 6) is 1.12. The fourth-order valence-electron chi connectivity index (χ4n) is 3.96. The third kappa shape index (κ3) is 5.01. The van der Waals surface area contributed by atoms with E-state index >= 15 is 0 Å². The van der Waals surface area contributed by atoms with Crippen LogP contribution in [0, 0.1) is 5.92 Å². The number of hydrogen-bond acceptors (Lipinski definition) is 4. The Morgan fingerprint density at radius 3 is 2.44 bits per heavy atom. The lowest BCUT2D eigenvalue weighted by molar-refractivity contribution is -0.144. The van der Waals surface area contributed by atoms with Crippen molar-refractivity contribution in [3.05, 3.63) is 29.8 Å². The van der Waals surface area contributed by atoms with Crippen LogP contribution >= 0.6 is 0 Å². The Hall–Kier alpha value is -2.08. The minimum absolute atomic E-state index is 0.0716. The molecule has 148 valence electrons. The molecule has 0 bridgehead atoms. The number of benzene rings is 1. The molecule has 2 aliphatic rings. The maximum absolute atomic E-state index is 12.9. The van der Waals surface area contributed by atoms with Crippen LogP contribution in [0.15, 0.2) is 24.3 Å². The quantitative estimate of drug-likeness (QED) is 0.765. The van der Waals surface area contributed by atoms with Crippen LogP contribution in [0.2, 0.25) is 0 Å². The van der Waals surface area contributed by atoms with Crippen LogP contribution in [-0.2, 0) is 20.7 Å². The Morgan fingerprint density at radius 2 is 1.81 bits per heavy atom. The number of ether oxygens (including phenoxy) is 2. The molecule has 0 spiro atoms. The zero-order valence-electron chi connectivity index (χ0n) is 16.4. The van der Waals surface area contributed by atoms with Gasteiger partial charge < -0.3 is 19.3 Å². The Balaban J connectivity index is 1.52. The van der Waals surface area contributed by atoms with Crippen LogP contribution in [0.1, 0.15) is 31.2 Å². The van der Waals surface area contributed by atoms with E-state index in [1.54, 1.807) is 14.2 Å². The molecule has 1 aromatic carbocycles. The van der Waals surface area contributed by atoms with Crippen LogP contribution in [0.3, 0.4) is 0 Å². The fraction of sp³-hybridized carbons (Fsp3) is 0.619. The first-order valence-electron chi connectivity index (χ1n) is 9.83. The van der Waals surface area contributed by atoms with Crippen molar-refractivity contribution in [2.24, 2.45) is 5.92 Å². The zero-order chi connectivity index (χ0) is 19.2. The highest BCUT2D eigenvalue weighted by molar-refractivity contribution is 5.84. The highest BCUT2D eigenvalue weighted by Gasteiger charge is 2.33. The van der Waals surface area contributed by atoms with Crippen molar-refractivity contribution in [1.29, 1.82) is 0 Å². The van der Waals surface area contributed by atoms with Crippen molar-refractivity contribution in [3.63, 3.8) is 0 Å². The average Bonchev–Trinajstić information content (AvgIpc) is 2.73. The second kappa shape index (κ2) is 9.22. The van der Waals surface area contributed by atoms with Gasteiger partial charge in [-0.25, -0.2) is 0 Å². The molecule has 2 saturated heterocycles. The Morgan fingerprint density at radius 1 is 1.11 bits per heavy atom. The topological polar surface area (TPSA) is 59.1 Å². The molecule has 1 aromatic rings. The molecular formula is C21H30N2O4. The summed E-state index contributed by atoms with van der Waals surface area (Å²) in [5, 5.41) is 0. The highest BCUT2D eigenvalue weighted by atomic mass is 16.5. The van der Waals surface area contributed by atoms with Gasteiger partial charge in [-0.3, -0.25) is 9.59 Å². The summed E-state index contributed by atoms with van der Waals surface area (Å²) in [6.07, 6.45) is 3.98. The number of carbonyl (C=O) groups excluding carboxylic acids is 2. The summed E-state index contributed by atoms with van der Waals surface area (Å²) in [6, 6.07) is 7.92. The van der Waals surface area contributed by atoms with Gasteiger partial charge in [-0.15, -0.1) is 0 Å². The number of piperidine rings is 2. The summed E-state index contributed by atoms with van der Waals surface area (Å²) in [7, 11) is 3.38. The average molecular weight is 374 g/mol. The Bertz CT molecular complexity index is 638. The second-order valence-electron chi connectivity index (χ2n) is 7.43. The van der Waals surface area contributed by atoms with Crippen LogP contribution in [-0.4, -0.2) is 68.1 Å². The third-order valence-electron chi connectivity index (χ3n) is 5.77. The first kappa shape index (κ1) is 19.7. The molecular weight excluding hydrogens is 344 g/mol. The lowest BCUT2D eigenvalue weighted by atomic mass is 9.94. The zero-order valence-corrected chi connectivity index (χ0v) is 16.4. The minimum Gasteiger partial charge on any atom is -0.497 e. The summed E-state index contributed by atoms with van der Waals surface area (Å²) in [4.78, 5) is 29.0. The van der Waals surface area contributed by atoms with E-state index < -0.39 is 0 Å². The van der Waals surface area contributed by atoms with Gasteiger partial charge in [0, 0.05) is 39.7 Å². The number of amides is 2. The smallest absolute Gasteiger partial charge is 0.227 e. The van der Waals surface area contributed by atoms with Gasteiger partial charge in [0.25, 0.3) is 0 Å². The number of hydrogen-bond donors (Lipinski definition) is 0. The van der Waals surface area contributed by atoms with Crippen molar-refractivity contribution >= 4 is 11.8 Å². The molecule has 2 fully saturated rings. The second-order valence-corrected chi connectivity index (χ2v) is 7.43. The van der Waals surface area contributed by atoms with Crippen molar-refractivity contribution in [2.45, 2.75) is 38.2 Å². The molecule has 3 rings (SSSR count). The SMILES string of the molecule is COc1ccc(CCN2C[C@H](C(=O)N3CCC(OC)CC3)CCC2=O)cc1. The third-order valence-corrected chi connectivity index (χ3v) is 5.77. The van der Waals surface area contributed by atoms with E-state index in [0.717, 1.165) is 38.1 Å². The largest absolute Gasteiger partial charge is 0.497 e. The van der Waals surface area contributed by atoms with Crippen LogP contribution < -0.4 is 4.74 Å². The Kier molecular flexibility index (Phi) is 6.72. The first-order chi connectivity index (χ1) is 13.1. The van der Waals surface area contributed by atoms with Gasteiger partial charge in [-0.2, -0.15) is 0 Å². The highest BCUT2D eigenvalue weighted by Crippen LogP contribution is 2.23. The van der Waals surface area contributed by atoms with Crippen LogP contribution in [0.5, 0.6) is 5.75 Å². The molecule has 2 heterocycles. The van der Waals surface area contributed by atoms with Crippen molar-refractivity contribution in [2.75, 3.05) is 40.4 Å². The molecule has 0 unspecified atom stereocenters. The molecule has 6 heteroatoms. The lowest BCUT2D eigenvalue weighted by Crippen LogP contribution is -2.49. The van der Waals surface area contributed by atoms with E-state index in [-0.39, 0.29) is 23.8 Å². The molecule has 2 amide bonds. The van der Waals surface area contributed by atoms with Gasteiger partial charge in [0.15, 0.2) is 0 Å². The van der Waals surface area contributed by atoms with Gasteiger partial charge in [-0.05, 0) is 43.4 Å². The van der Waals surface area contributed by atoms with Gasteiger partial charge in [0.05, 0.1) is 19.1 Å². The summed E-state index contributed by atoms with van der Waals surface area (Å²) < 4.78 is 10.6. The van der Waals surface area contributed by atoms with Gasteiger partial charge in [0.1, 0.15) is 5.75 Å². The van der Waals surface area contributed by atoms with E-state index in [1.807, 2.05) is 34.1 Å². The molecule has 0 aliphatic carbocycles. The fourth-order valence-corrected chi connectivity index (χ4v) is 3.96. The maximum atomic E-state index is 12.9. The number of methoxy groups -OCH3 is 2. The molecule has 0 saturated carbocycles. The van der Waals surface area contributed by atoms with Crippen LogP contribution in [0.4, 0.5) is 0 Å². The molecule has 0 N–H and O–H groups in total. The Labute approximate surface area is 161 Å². The van der Waals surface area contributed by atoms with Crippen LogP contribution in [0.25, 0.3) is 0 Å². The monoisotopic (exact) mass is 374 g/mol. The molecule has 27 heavy (non-hydrogen) atoms. The van der Waals surface area contributed by atoms with Gasteiger partial charge >= 0.3 is 0 Å². The predicted octanol–water partition coefficient (Wildman–Crippen LogP) is 2.11. The number of likely N-dealkylation sites (tertiary alicyclic amines) is 2. The van der Waals surface area contributed by atoms with E-state index in [9.17, 15) is 9.59 Å². The normalized spacial score (nSPS) is 21.4. The summed E-state index contributed by atoms with van der Waals surface area (Å²) in [5.41, 5.74) is 1.17. The lowest BCUT2D eigenvalue weighted by Gasteiger charge is -2.37. The molecule has 0 radical (unpaired) electrons. The molecule has 0 aromatic heterocycles. The summed E-state index contributed by atoms with van der Waals surface area (Å²) >= 11 is 0. The maximum Gasteiger partial charge on any atom is 0.227 e. The number of carbonyl (C=O) groups is 2. The van der Waals surface area contributed by atoms with Crippen molar-refractivity contribution < 1.29 is 19.1 Å². The van der Waals surface area contributed by atoms with Gasteiger partial charge in [-0.1, -0.05) is 12.1 Å². The minimum atomic E-state index is -0.0716. The number of rotatable bonds is 6. The molecule has 6 nitrogen and oxygen atoms in total. The molecule has 2 aliphatic heterocycles. The van der Waals surface area contributed by atoms with E-state index in [1.165, 1.54) is 5.56 Å². The van der Waals surface area contributed by atoms with Crippen molar-refractivity contribution in [1.82, 2.24) is 9.80 Å². The standard InChI is InChI=1S/C21H30N2O4/c1-26-18-6-3-16(4-7-18)9-12-23-15-17(5-8-20(23)24)21(25)22-13-10-19(27-2)11-14-22/h3-4,6-7,17,19H,5,8-15H2,1-2H3/t17-/m1/s1. The van der Waals surface area contributed by atoms with E-state index in [0.29, 0.717) is 25.9 Å². The molecule has 1 atom stereocenters. The summed E-state index contributed by atoms with van der Waals surface area (Å²) in [6.45, 7) is 2.71. The number of nitrogens with zero attached hydrogens (tertiary/aromatic N) is 2. The van der Waals surface area contributed by atoms with E-state index in [4.69, 9.17) is 9.47 Å².